The number of halogens is 3. The number of hydrogen-bond donors (Lipinski definition) is 1. The van der Waals surface area contributed by atoms with E-state index in [9.17, 15) is 27.6 Å². The van der Waals surface area contributed by atoms with Gasteiger partial charge in [0.25, 0.3) is 0 Å². The van der Waals surface area contributed by atoms with E-state index in [-0.39, 0.29) is 44.4 Å². The zero-order chi connectivity index (χ0) is 21.2. The number of amides is 3. The lowest BCUT2D eigenvalue weighted by atomic mass is 10.1. The molecule has 0 unspecified atom stereocenters. The van der Waals surface area contributed by atoms with Crippen LogP contribution in [0.3, 0.4) is 0 Å². The van der Waals surface area contributed by atoms with E-state index < -0.39 is 17.6 Å². The van der Waals surface area contributed by atoms with Gasteiger partial charge in [-0.1, -0.05) is 12.1 Å². The van der Waals surface area contributed by atoms with Gasteiger partial charge in [0.1, 0.15) is 5.01 Å². The minimum absolute atomic E-state index is 0.0709. The normalized spacial score (nSPS) is 14.9. The molecule has 0 aliphatic carbocycles. The van der Waals surface area contributed by atoms with Crippen molar-refractivity contribution in [1.29, 1.82) is 0 Å². The van der Waals surface area contributed by atoms with Crippen molar-refractivity contribution in [3.8, 4) is 10.6 Å². The van der Waals surface area contributed by atoms with Gasteiger partial charge in [-0.2, -0.15) is 13.2 Å². The molecule has 1 aromatic heterocycles. The number of piperazine rings is 1. The molecule has 29 heavy (non-hydrogen) atoms. The summed E-state index contributed by atoms with van der Waals surface area (Å²) in [5.74, 6) is -1.31. The zero-order valence-electron chi connectivity index (χ0n) is 15.1. The summed E-state index contributed by atoms with van der Waals surface area (Å²) < 4.78 is 38.6. The summed E-state index contributed by atoms with van der Waals surface area (Å²) in [6.07, 6.45) is -4.52. The fraction of sp³-hybridized carbons (Fsp3) is 0.333. The van der Waals surface area contributed by atoms with Gasteiger partial charge < -0.3 is 15.5 Å². The molecule has 0 radical (unpaired) electrons. The molecule has 3 amide bonds. The molecule has 3 rings (SSSR count). The van der Waals surface area contributed by atoms with Crippen LogP contribution < -0.4 is 5.73 Å². The number of carbonyl (C=O) groups excluding carboxylic acids is 3. The highest BCUT2D eigenvalue weighted by atomic mass is 32.1. The summed E-state index contributed by atoms with van der Waals surface area (Å²) >= 11 is 1.14. The van der Waals surface area contributed by atoms with Crippen LogP contribution >= 0.6 is 11.3 Å². The average molecular weight is 426 g/mol. The second-order valence-corrected chi connectivity index (χ2v) is 7.35. The molecule has 7 nitrogen and oxygen atoms in total. The largest absolute Gasteiger partial charge is 0.416 e. The van der Waals surface area contributed by atoms with Gasteiger partial charge >= 0.3 is 6.18 Å². The van der Waals surface area contributed by atoms with Crippen LogP contribution in [0, 0.1) is 0 Å². The minimum atomic E-state index is -4.45. The van der Waals surface area contributed by atoms with E-state index in [1.807, 2.05) is 0 Å². The fourth-order valence-electron chi connectivity index (χ4n) is 2.89. The van der Waals surface area contributed by atoms with E-state index in [0.717, 1.165) is 23.5 Å². The maximum absolute atomic E-state index is 12.9. The van der Waals surface area contributed by atoms with Crippen molar-refractivity contribution >= 4 is 29.1 Å². The van der Waals surface area contributed by atoms with Gasteiger partial charge in [-0.25, -0.2) is 4.98 Å². The molecule has 1 fully saturated rings. The van der Waals surface area contributed by atoms with Gasteiger partial charge in [0.05, 0.1) is 30.8 Å². The van der Waals surface area contributed by atoms with Gasteiger partial charge in [-0.05, 0) is 12.1 Å². The highest BCUT2D eigenvalue weighted by Crippen LogP contribution is 2.33. The lowest BCUT2D eigenvalue weighted by molar-refractivity contribution is -0.146. The van der Waals surface area contributed by atoms with E-state index in [4.69, 9.17) is 5.73 Å². The first-order valence-electron chi connectivity index (χ1n) is 8.59. The molecule has 154 valence electrons. The summed E-state index contributed by atoms with van der Waals surface area (Å²) in [5.41, 5.74) is 5.05. The van der Waals surface area contributed by atoms with Crippen LogP contribution in [0.15, 0.2) is 29.6 Å². The monoisotopic (exact) mass is 426 g/mol. The SMILES string of the molecule is NC(=O)CN1CCN(C(=O)Cc2csc(-c3cccc(C(F)(F)F)c3)n2)CC1=O. The molecule has 0 atom stereocenters. The Morgan fingerprint density at radius 1 is 1.24 bits per heavy atom. The van der Waals surface area contributed by atoms with Gasteiger partial charge in [0.15, 0.2) is 0 Å². The Balaban J connectivity index is 1.64. The Morgan fingerprint density at radius 3 is 2.66 bits per heavy atom. The van der Waals surface area contributed by atoms with Crippen molar-refractivity contribution in [3.05, 3.63) is 40.9 Å². The lowest BCUT2D eigenvalue weighted by Gasteiger charge is -2.33. The zero-order valence-corrected chi connectivity index (χ0v) is 15.9. The van der Waals surface area contributed by atoms with Crippen LogP contribution in [-0.2, 0) is 27.0 Å². The average Bonchev–Trinajstić information content (AvgIpc) is 3.11. The van der Waals surface area contributed by atoms with Crippen LogP contribution in [0.4, 0.5) is 13.2 Å². The first kappa shape index (κ1) is 20.8. The van der Waals surface area contributed by atoms with Gasteiger partial charge in [0, 0.05) is 24.0 Å². The van der Waals surface area contributed by atoms with E-state index in [1.165, 1.54) is 21.9 Å². The molecule has 1 aliphatic rings. The Bertz CT molecular complexity index is 944. The molecule has 2 heterocycles. The number of hydrogen-bond acceptors (Lipinski definition) is 5. The third kappa shape index (κ3) is 5.11. The van der Waals surface area contributed by atoms with Crippen molar-refractivity contribution in [1.82, 2.24) is 14.8 Å². The van der Waals surface area contributed by atoms with Crippen molar-refractivity contribution in [2.45, 2.75) is 12.6 Å². The van der Waals surface area contributed by atoms with Crippen molar-refractivity contribution in [2.75, 3.05) is 26.2 Å². The van der Waals surface area contributed by atoms with Crippen LogP contribution in [-0.4, -0.2) is 58.7 Å². The maximum atomic E-state index is 12.9. The second-order valence-electron chi connectivity index (χ2n) is 6.50. The van der Waals surface area contributed by atoms with Gasteiger partial charge in [-0.3, -0.25) is 14.4 Å². The first-order valence-corrected chi connectivity index (χ1v) is 9.47. The summed E-state index contributed by atoms with van der Waals surface area (Å²) in [7, 11) is 0. The quantitative estimate of drug-likeness (QED) is 0.784. The Hall–Kier alpha value is -2.95. The number of alkyl halides is 3. The van der Waals surface area contributed by atoms with E-state index in [0.29, 0.717) is 16.3 Å². The summed E-state index contributed by atoms with van der Waals surface area (Å²) in [4.78, 5) is 42.3. The van der Waals surface area contributed by atoms with Crippen molar-refractivity contribution in [2.24, 2.45) is 5.73 Å². The van der Waals surface area contributed by atoms with E-state index >= 15 is 0 Å². The van der Waals surface area contributed by atoms with Gasteiger partial charge in [-0.15, -0.1) is 11.3 Å². The summed E-state index contributed by atoms with van der Waals surface area (Å²) in [6.45, 7) is 0.132. The van der Waals surface area contributed by atoms with Crippen molar-refractivity contribution in [3.63, 3.8) is 0 Å². The summed E-state index contributed by atoms with van der Waals surface area (Å²) in [5, 5.41) is 1.99. The third-order valence-electron chi connectivity index (χ3n) is 4.34. The van der Waals surface area contributed by atoms with Crippen molar-refractivity contribution < 1.29 is 27.6 Å². The Kier molecular flexibility index (Phi) is 5.87. The Morgan fingerprint density at radius 2 is 2.00 bits per heavy atom. The number of rotatable bonds is 5. The molecular weight excluding hydrogens is 409 g/mol. The number of nitrogens with two attached hydrogens (primary N) is 1. The van der Waals surface area contributed by atoms with Gasteiger partial charge in [0.2, 0.25) is 17.7 Å². The third-order valence-corrected chi connectivity index (χ3v) is 5.28. The van der Waals surface area contributed by atoms with E-state index in [1.54, 1.807) is 5.38 Å². The predicted molar refractivity (Wildman–Crippen MR) is 98.6 cm³/mol. The molecule has 1 aromatic carbocycles. The number of aromatic nitrogens is 1. The molecule has 2 N–H and O–H groups in total. The lowest BCUT2D eigenvalue weighted by Crippen LogP contribution is -2.54. The summed E-state index contributed by atoms with van der Waals surface area (Å²) in [6, 6.07) is 4.83. The molecular formula is C18H17F3N4O3S. The van der Waals surface area contributed by atoms with Crippen LogP contribution in [0.1, 0.15) is 11.3 Å². The standard InChI is InChI=1S/C18H17F3N4O3S/c19-18(20,21)12-3-1-2-11(6-12)17-23-13(10-29-17)7-15(27)25-5-4-24(8-14(22)26)16(28)9-25/h1-3,6,10H,4-5,7-9H2,(H2,22,26). The Labute approximate surface area is 167 Å². The molecule has 0 spiro atoms. The highest BCUT2D eigenvalue weighted by molar-refractivity contribution is 7.13. The topological polar surface area (TPSA) is 96.6 Å². The molecule has 0 saturated carbocycles. The van der Waals surface area contributed by atoms with Crippen LogP contribution in [0.5, 0.6) is 0 Å². The smallest absolute Gasteiger partial charge is 0.368 e. The molecule has 0 bridgehead atoms. The highest BCUT2D eigenvalue weighted by Gasteiger charge is 2.31. The number of nitrogens with zero attached hydrogens (tertiary/aromatic N) is 3. The number of benzene rings is 1. The molecule has 1 aliphatic heterocycles. The number of primary amides is 1. The predicted octanol–water partition coefficient (Wildman–Crippen LogP) is 1.53. The number of thiazole rings is 1. The van der Waals surface area contributed by atoms with E-state index in [2.05, 4.69) is 4.98 Å². The molecule has 1 saturated heterocycles. The fourth-order valence-corrected chi connectivity index (χ4v) is 3.71. The molecule has 2 aromatic rings. The number of carbonyl (C=O) groups is 3. The second kappa shape index (κ2) is 8.19. The minimum Gasteiger partial charge on any atom is -0.368 e. The maximum Gasteiger partial charge on any atom is 0.416 e. The van der Waals surface area contributed by atoms with Crippen LogP contribution in [0.25, 0.3) is 10.6 Å². The first-order chi connectivity index (χ1) is 13.6. The van der Waals surface area contributed by atoms with Crippen LogP contribution in [0.2, 0.25) is 0 Å². The molecule has 11 heteroatoms.